The lowest BCUT2D eigenvalue weighted by Crippen LogP contribution is -2.72. The molecule has 5 nitrogen and oxygen atoms in total. The summed E-state index contributed by atoms with van der Waals surface area (Å²) < 4.78 is 5.65. The number of morpholine rings is 1. The fourth-order valence-electron chi connectivity index (χ4n) is 4.01. The van der Waals surface area contributed by atoms with Crippen LogP contribution in [0.4, 0.5) is 0 Å². The molecule has 1 aromatic rings. The van der Waals surface area contributed by atoms with E-state index in [9.17, 15) is 0 Å². The topological polar surface area (TPSA) is 40.1 Å². The normalized spacial score (nSPS) is 25.2. The Morgan fingerprint density at radius 3 is 2.63 bits per heavy atom. The molecule has 1 aromatic carbocycles. The molecule has 0 spiro atoms. The first-order chi connectivity index (χ1) is 12.7. The molecule has 0 aliphatic carbocycles. The van der Waals surface area contributed by atoms with E-state index in [1.54, 1.807) is 0 Å². The van der Waals surface area contributed by atoms with Gasteiger partial charge in [-0.2, -0.15) is 0 Å². The lowest BCUT2D eigenvalue weighted by molar-refractivity contribution is -0.0667. The highest BCUT2D eigenvalue weighted by Gasteiger charge is 2.53. The minimum Gasteiger partial charge on any atom is -0.376 e. The van der Waals surface area contributed by atoms with Crippen molar-refractivity contribution in [1.82, 2.24) is 15.1 Å². The summed E-state index contributed by atoms with van der Waals surface area (Å²) in [5, 5.41) is 3.56. The fourth-order valence-corrected chi connectivity index (χ4v) is 4.01. The average molecular weight is 373 g/mol. The second-order valence-corrected chi connectivity index (χ2v) is 9.17. The molecule has 1 atom stereocenters. The SMILES string of the molecule is CN=C(NCc1cccc(CN2CCOC(C)C2)c1)N1CC(C)(C)C1(C)C. The summed E-state index contributed by atoms with van der Waals surface area (Å²) >= 11 is 0. The number of rotatable bonds is 4. The molecule has 150 valence electrons. The van der Waals surface area contributed by atoms with E-state index < -0.39 is 0 Å². The first kappa shape index (κ1) is 20.2. The maximum atomic E-state index is 5.65. The smallest absolute Gasteiger partial charge is 0.194 e. The van der Waals surface area contributed by atoms with Gasteiger partial charge < -0.3 is 15.0 Å². The number of nitrogens with one attached hydrogen (secondary N) is 1. The third kappa shape index (κ3) is 4.30. The van der Waals surface area contributed by atoms with E-state index in [0.717, 1.165) is 45.3 Å². The second-order valence-electron chi connectivity index (χ2n) is 9.17. The Kier molecular flexibility index (Phi) is 5.82. The molecule has 1 unspecified atom stereocenters. The van der Waals surface area contributed by atoms with Gasteiger partial charge in [0.05, 0.1) is 12.7 Å². The van der Waals surface area contributed by atoms with Crippen LogP contribution in [0.15, 0.2) is 29.3 Å². The largest absolute Gasteiger partial charge is 0.376 e. The highest BCUT2D eigenvalue weighted by Crippen LogP contribution is 2.46. The van der Waals surface area contributed by atoms with Crippen molar-refractivity contribution in [1.29, 1.82) is 0 Å². The zero-order valence-corrected chi connectivity index (χ0v) is 17.9. The predicted octanol–water partition coefficient (Wildman–Crippen LogP) is 3.10. The van der Waals surface area contributed by atoms with E-state index in [4.69, 9.17) is 4.74 Å². The summed E-state index contributed by atoms with van der Waals surface area (Å²) in [5.41, 5.74) is 3.08. The molecule has 3 rings (SSSR count). The number of guanidine groups is 1. The van der Waals surface area contributed by atoms with Crippen LogP contribution in [-0.2, 0) is 17.8 Å². The van der Waals surface area contributed by atoms with Crippen LogP contribution in [-0.4, -0.2) is 60.7 Å². The molecule has 0 aromatic heterocycles. The second kappa shape index (κ2) is 7.80. The summed E-state index contributed by atoms with van der Waals surface area (Å²) in [6.45, 7) is 17.1. The molecule has 2 aliphatic rings. The lowest BCUT2D eigenvalue weighted by Gasteiger charge is -2.62. The van der Waals surface area contributed by atoms with Gasteiger partial charge in [-0.15, -0.1) is 0 Å². The number of hydrogen-bond donors (Lipinski definition) is 1. The minimum absolute atomic E-state index is 0.115. The van der Waals surface area contributed by atoms with Gasteiger partial charge in [-0.05, 0) is 31.9 Å². The van der Waals surface area contributed by atoms with Gasteiger partial charge in [0.15, 0.2) is 5.96 Å². The molecule has 0 radical (unpaired) electrons. The molecule has 1 N–H and O–H groups in total. The van der Waals surface area contributed by atoms with E-state index in [0.29, 0.717) is 11.5 Å². The average Bonchev–Trinajstić information content (AvgIpc) is 2.61. The molecule has 0 bridgehead atoms. The van der Waals surface area contributed by atoms with Gasteiger partial charge in [-0.1, -0.05) is 38.1 Å². The predicted molar refractivity (Wildman–Crippen MR) is 112 cm³/mol. The Morgan fingerprint density at radius 2 is 2.00 bits per heavy atom. The molecule has 2 saturated heterocycles. The Bertz CT molecular complexity index is 683. The molecule has 0 amide bonds. The van der Waals surface area contributed by atoms with E-state index >= 15 is 0 Å². The summed E-state index contributed by atoms with van der Waals surface area (Å²) in [4.78, 5) is 9.38. The Morgan fingerprint density at radius 1 is 1.26 bits per heavy atom. The summed E-state index contributed by atoms with van der Waals surface area (Å²) in [6, 6.07) is 8.89. The maximum Gasteiger partial charge on any atom is 0.194 e. The van der Waals surface area contributed by atoms with E-state index in [1.807, 2.05) is 7.05 Å². The van der Waals surface area contributed by atoms with E-state index in [1.165, 1.54) is 11.1 Å². The van der Waals surface area contributed by atoms with Crippen LogP contribution >= 0.6 is 0 Å². The van der Waals surface area contributed by atoms with Crippen LogP contribution in [0, 0.1) is 5.41 Å². The van der Waals surface area contributed by atoms with Crippen LogP contribution < -0.4 is 5.32 Å². The number of ether oxygens (including phenoxy) is 1. The van der Waals surface area contributed by atoms with Crippen molar-refractivity contribution < 1.29 is 4.74 Å². The standard InChI is InChI=1S/C22H36N4O/c1-17-14-25(10-11-27-17)15-19-9-7-8-18(12-19)13-24-20(23-6)26-16-21(2,3)22(26,4)5/h7-9,12,17H,10-11,13-16H2,1-6H3,(H,23,24). The van der Waals surface area contributed by atoms with Crippen LogP contribution in [0.3, 0.4) is 0 Å². The number of likely N-dealkylation sites (tertiary alicyclic amines) is 1. The van der Waals surface area contributed by atoms with Gasteiger partial charge in [0, 0.05) is 50.7 Å². The van der Waals surface area contributed by atoms with Crippen molar-refractivity contribution in [2.75, 3.05) is 33.3 Å². The fraction of sp³-hybridized carbons (Fsp3) is 0.682. The van der Waals surface area contributed by atoms with Crippen molar-refractivity contribution in [3.8, 4) is 0 Å². The third-order valence-electron chi connectivity index (χ3n) is 6.53. The van der Waals surface area contributed by atoms with Crippen molar-refractivity contribution >= 4 is 5.96 Å². The number of benzene rings is 1. The minimum atomic E-state index is 0.115. The summed E-state index contributed by atoms with van der Waals surface area (Å²) in [6.07, 6.45) is 0.330. The molecule has 5 heteroatoms. The Hall–Kier alpha value is -1.59. The van der Waals surface area contributed by atoms with Gasteiger partial charge in [0.2, 0.25) is 0 Å². The number of hydrogen-bond acceptors (Lipinski definition) is 3. The Balaban J connectivity index is 1.58. The van der Waals surface area contributed by atoms with Gasteiger partial charge in [0.25, 0.3) is 0 Å². The van der Waals surface area contributed by atoms with Crippen molar-refractivity contribution in [3.63, 3.8) is 0 Å². The summed E-state index contributed by atoms with van der Waals surface area (Å²) in [5.74, 6) is 0.992. The van der Waals surface area contributed by atoms with Crippen molar-refractivity contribution in [2.45, 2.75) is 59.4 Å². The van der Waals surface area contributed by atoms with E-state index in [2.05, 4.69) is 79.0 Å². The van der Waals surface area contributed by atoms with Crippen LogP contribution in [0.25, 0.3) is 0 Å². The zero-order chi connectivity index (χ0) is 19.7. The molecular weight excluding hydrogens is 336 g/mol. The molecule has 0 saturated carbocycles. The van der Waals surface area contributed by atoms with Gasteiger partial charge in [-0.3, -0.25) is 9.89 Å². The maximum absolute atomic E-state index is 5.65. The van der Waals surface area contributed by atoms with Crippen molar-refractivity contribution in [3.05, 3.63) is 35.4 Å². The van der Waals surface area contributed by atoms with E-state index in [-0.39, 0.29) is 5.54 Å². The first-order valence-electron chi connectivity index (χ1n) is 10.1. The molecule has 27 heavy (non-hydrogen) atoms. The highest BCUT2D eigenvalue weighted by atomic mass is 16.5. The Labute approximate surface area is 164 Å². The van der Waals surface area contributed by atoms with Crippen LogP contribution in [0.1, 0.15) is 45.7 Å². The van der Waals surface area contributed by atoms with Gasteiger partial charge in [-0.25, -0.2) is 0 Å². The van der Waals surface area contributed by atoms with Crippen molar-refractivity contribution in [2.24, 2.45) is 10.4 Å². The number of nitrogens with zero attached hydrogens (tertiary/aromatic N) is 3. The highest BCUT2D eigenvalue weighted by molar-refractivity contribution is 5.82. The molecule has 2 heterocycles. The zero-order valence-electron chi connectivity index (χ0n) is 17.9. The quantitative estimate of drug-likeness (QED) is 0.651. The van der Waals surface area contributed by atoms with Crippen LogP contribution in [0.2, 0.25) is 0 Å². The molecule has 2 fully saturated rings. The van der Waals surface area contributed by atoms with Gasteiger partial charge in [0.1, 0.15) is 0 Å². The molecule has 2 aliphatic heterocycles. The first-order valence-corrected chi connectivity index (χ1v) is 10.1. The third-order valence-corrected chi connectivity index (χ3v) is 6.53. The van der Waals surface area contributed by atoms with Gasteiger partial charge >= 0.3 is 0 Å². The van der Waals surface area contributed by atoms with Crippen LogP contribution in [0.5, 0.6) is 0 Å². The number of aliphatic imine (C=N–C) groups is 1. The monoisotopic (exact) mass is 372 g/mol. The lowest BCUT2D eigenvalue weighted by atomic mass is 9.65. The molecular formula is C22H36N4O. The summed E-state index contributed by atoms with van der Waals surface area (Å²) in [7, 11) is 1.87.